The number of anilines is 1. The summed E-state index contributed by atoms with van der Waals surface area (Å²) < 4.78 is 1.05. The van der Waals surface area contributed by atoms with Crippen LogP contribution in [0.25, 0.3) is 0 Å². The minimum Gasteiger partial charge on any atom is -0.393 e. The van der Waals surface area contributed by atoms with E-state index in [4.69, 9.17) is 0 Å². The van der Waals surface area contributed by atoms with Gasteiger partial charge in [-0.3, -0.25) is 0 Å². The van der Waals surface area contributed by atoms with Gasteiger partial charge in [0.05, 0.1) is 6.10 Å². The van der Waals surface area contributed by atoms with Gasteiger partial charge in [-0.25, -0.2) is 4.98 Å². The lowest BCUT2D eigenvalue weighted by Gasteiger charge is -2.34. The second-order valence-electron chi connectivity index (χ2n) is 4.66. The summed E-state index contributed by atoms with van der Waals surface area (Å²) in [5, 5.41) is 9.24. The topological polar surface area (TPSA) is 36.4 Å². The number of aromatic nitrogens is 1. The molecule has 0 unspecified atom stereocenters. The van der Waals surface area contributed by atoms with Gasteiger partial charge in [-0.1, -0.05) is 0 Å². The van der Waals surface area contributed by atoms with Gasteiger partial charge in [0.2, 0.25) is 0 Å². The molecule has 2 rings (SSSR count). The summed E-state index contributed by atoms with van der Waals surface area (Å²) in [7, 11) is 2.06. The third-order valence-electron chi connectivity index (χ3n) is 3.17. The Kier molecular flexibility index (Phi) is 3.50. The van der Waals surface area contributed by atoms with Crippen LogP contribution >= 0.6 is 15.9 Å². The average Bonchev–Trinajstić information content (AvgIpc) is 2.19. The third kappa shape index (κ3) is 2.55. The second-order valence-corrected chi connectivity index (χ2v) is 5.52. The van der Waals surface area contributed by atoms with E-state index in [0.29, 0.717) is 5.92 Å². The Morgan fingerprint density at radius 3 is 2.81 bits per heavy atom. The molecule has 3 nitrogen and oxygen atoms in total. The summed E-state index contributed by atoms with van der Waals surface area (Å²) in [5.74, 6) is 1.62. The van der Waals surface area contributed by atoms with Gasteiger partial charge in [0.25, 0.3) is 0 Å². The van der Waals surface area contributed by atoms with E-state index in [1.165, 1.54) is 5.56 Å². The number of aliphatic hydroxyl groups is 1. The molecule has 0 aromatic carbocycles. The molecule has 16 heavy (non-hydrogen) atoms. The molecule has 4 heteroatoms. The van der Waals surface area contributed by atoms with E-state index in [2.05, 4.69) is 45.9 Å². The molecular formula is C12H17BrN2O. The van der Waals surface area contributed by atoms with Crippen LogP contribution < -0.4 is 4.90 Å². The number of nitrogens with zero attached hydrogens (tertiary/aromatic N) is 2. The lowest BCUT2D eigenvalue weighted by atomic mass is 9.82. The van der Waals surface area contributed by atoms with Crippen molar-refractivity contribution in [2.45, 2.75) is 25.9 Å². The van der Waals surface area contributed by atoms with E-state index in [1.807, 2.05) is 6.20 Å². The first-order valence-electron chi connectivity index (χ1n) is 5.57. The summed E-state index contributed by atoms with van der Waals surface area (Å²) in [6.07, 6.45) is 3.63. The molecule has 0 radical (unpaired) electrons. The fourth-order valence-electron chi connectivity index (χ4n) is 2.06. The Labute approximate surface area is 105 Å². The fraction of sp³-hybridized carbons (Fsp3) is 0.583. The summed E-state index contributed by atoms with van der Waals surface area (Å²) >= 11 is 3.45. The van der Waals surface area contributed by atoms with Crippen LogP contribution in [0, 0.1) is 12.8 Å². The highest BCUT2D eigenvalue weighted by Crippen LogP contribution is 2.29. The number of hydrogen-bond acceptors (Lipinski definition) is 3. The Morgan fingerprint density at radius 1 is 1.56 bits per heavy atom. The van der Waals surface area contributed by atoms with Crippen LogP contribution in [-0.2, 0) is 0 Å². The number of aryl methyl sites for hydroxylation is 1. The quantitative estimate of drug-likeness (QED) is 0.926. The van der Waals surface area contributed by atoms with Gasteiger partial charge in [0.15, 0.2) is 0 Å². The maximum Gasteiger partial charge on any atom is 0.128 e. The summed E-state index contributed by atoms with van der Waals surface area (Å²) in [4.78, 5) is 6.55. The van der Waals surface area contributed by atoms with Gasteiger partial charge >= 0.3 is 0 Å². The van der Waals surface area contributed by atoms with Crippen molar-refractivity contribution in [3.05, 3.63) is 22.3 Å². The van der Waals surface area contributed by atoms with Crippen molar-refractivity contribution in [1.29, 1.82) is 0 Å². The van der Waals surface area contributed by atoms with Crippen LogP contribution in [0.5, 0.6) is 0 Å². The molecule has 1 N–H and O–H groups in total. The molecule has 0 saturated heterocycles. The maximum absolute atomic E-state index is 9.24. The van der Waals surface area contributed by atoms with Crippen molar-refractivity contribution >= 4 is 21.7 Å². The minimum absolute atomic E-state index is 0.0713. The van der Waals surface area contributed by atoms with E-state index in [-0.39, 0.29) is 6.10 Å². The number of halogens is 1. The lowest BCUT2D eigenvalue weighted by molar-refractivity contribution is 0.0464. The van der Waals surface area contributed by atoms with E-state index < -0.39 is 0 Å². The standard InChI is InChI=1S/C12H17BrN2O/c1-8-3-12(14-6-11(8)13)15(2)7-9-4-10(16)5-9/h3,6,9-10,16H,4-5,7H2,1-2H3. The van der Waals surface area contributed by atoms with Gasteiger partial charge in [0, 0.05) is 24.3 Å². The molecule has 1 saturated carbocycles. The summed E-state index contributed by atoms with van der Waals surface area (Å²) in [6, 6.07) is 2.08. The molecule has 1 aliphatic carbocycles. The molecule has 0 atom stereocenters. The highest BCUT2D eigenvalue weighted by molar-refractivity contribution is 9.10. The number of pyridine rings is 1. The van der Waals surface area contributed by atoms with Crippen molar-refractivity contribution in [1.82, 2.24) is 4.98 Å². The Hall–Kier alpha value is -0.610. The van der Waals surface area contributed by atoms with Gasteiger partial charge in [-0.2, -0.15) is 0 Å². The monoisotopic (exact) mass is 284 g/mol. The van der Waals surface area contributed by atoms with Crippen LogP contribution in [0.15, 0.2) is 16.7 Å². The van der Waals surface area contributed by atoms with Crippen molar-refractivity contribution < 1.29 is 5.11 Å². The molecule has 0 bridgehead atoms. The smallest absolute Gasteiger partial charge is 0.128 e. The zero-order valence-electron chi connectivity index (χ0n) is 9.65. The predicted molar refractivity (Wildman–Crippen MR) is 68.7 cm³/mol. The van der Waals surface area contributed by atoms with E-state index >= 15 is 0 Å². The molecular weight excluding hydrogens is 268 g/mol. The zero-order chi connectivity index (χ0) is 11.7. The van der Waals surface area contributed by atoms with E-state index in [9.17, 15) is 5.11 Å². The van der Waals surface area contributed by atoms with Crippen LogP contribution in [0.1, 0.15) is 18.4 Å². The Balaban J connectivity index is 1.97. The highest BCUT2D eigenvalue weighted by Gasteiger charge is 2.28. The minimum atomic E-state index is -0.0713. The first-order valence-corrected chi connectivity index (χ1v) is 6.37. The van der Waals surface area contributed by atoms with E-state index in [1.54, 1.807) is 0 Å². The van der Waals surface area contributed by atoms with Gasteiger partial charge in [-0.15, -0.1) is 0 Å². The number of hydrogen-bond donors (Lipinski definition) is 1. The highest BCUT2D eigenvalue weighted by atomic mass is 79.9. The van der Waals surface area contributed by atoms with Crippen LogP contribution in [0.2, 0.25) is 0 Å². The molecule has 0 amide bonds. The number of rotatable bonds is 3. The average molecular weight is 285 g/mol. The Bertz CT molecular complexity index is 377. The predicted octanol–water partition coefficient (Wildman–Crippen LogP) is 2.36. The molecule has 1 aromatic rings. The molecule has 1 aromatic heterocycles. The van der Waals surface area contributed by atoms with Crippen LogP contribution in [0.4, 0.5) is 5.82 Å². The zero-order valence-corrected chi connectivity index (χ0v) is 11.2. The molecule has 0 aliphatic heterocycles. The van der Waals surface area contributed by atoms with Crippen molar-refractivity contribution in [3.8, 4) is 0 Å². The van der Waals surface area contributed by atoms with Crippen LogP contribution in [0.3, 0.4) is 0 Å². The molecule has 0 spiro atoms. The van der Waals surface area contributed by atoms with Gasteiger partial charge in [-0.05, 0) is 53.2 Å². The first kappa shape index (κ1) is 11.9. The molecule has 1 fully saturated rings. The SMILES string of the molecule is Cc1cc(N(C)CC2CC(O)C2)ncc1Br. The normalized spacial score (nSPS) is 24.0. The van der Waals surface area contributed by atoms with Gasteiger partial charge < -0.3 is 10.0 Å². The van der Waals surface area contributed by atoms with Crippen molar-refractivity contribution in [2.24, 2.45) is 5.92 Å². The summed E-state index contributed by atoms with van der Waals surface area (Å²) in [5.41, 5.74) is 1.20. The Morgan fingerprint density at radius 2 is 2.25 bits per heavy atom. The molecule has 1 aliphatic rings. The third-order valence-corrected chi connectivity index (χ3v) is 4.00. The van der Waals surface area contributed by atoms with E-state index in [0.717, 1.165) is 29.7 Å². The van der Waals surface area contributed by atoms with Crippen molar-refractivity contribution in [3.63, 3.8) is 0 Å². The summed E-state index contributed by atoms with van der Waals surface area (Å²) in [6.45, 7) is 3.04. The fourth-order valence-corrected chi connectivity index (χ4v) is 2.28. The lowest BCUT2D eigenvalue weighted by Crippen LogP contribution is -2.37. The number of aliphatic hydroxyl groups excluding tert-OH is 1. The molecule has 1 heterocycles. The first-order chi connectivity index (χ1) is 7.56. The largest absolute Gasteiger partial charge is 0.393 e. The maximum atomic E-state index is 9.24. The molecule has 88 valence electrons. The van der Waals surface area contributed by atoms with Gasteiger partial charge in [0.1, 0.15) is 5.82 Å². The van der Waals surface area contributed by atoms with Crippen LogP contribution in [-0.4, -0.2) is 29.8 Å². The second kappa shape index (κ2) is 4.72. The van der Waals surface area contributed by atoms with Crippen molar-refractivity contribution in [2.75, 3.05) is 18.5 Å².